The SMILES string of the molecule is CC(C)(C)c1ccc(-c2ccc3cc4c(cc3c2)-c2cc3ccc(N(c5ccccc5)c5cccc(C(C)(C)C)c5)cc3cc2-4)cc1. The van der Waals surface area contributed by atoms with Gasteiger partial charge in [-0.05, 0) is 144 Å². The number of rotatable bonds is 4. The summed E-state index contributed by atoms with van der Waals surface area (Å²) in [6.07, 6.45) is 0. The van der Waals surface area contributed by atoms with Gasteiger partial charge in [-0.2, -0.15) is 0 Å². The number of hydrogen-bond donors (Lipinski definition) is 0. The molecule has 0 saturated carbocycles. The van der Waals surface area contributed by atoms with Crippen molar-refractivity contribution in [2.45, 2.75) is 52.4 Å². The molecule has 47 heavy (non-hydrogen) atoms. The first kappa shape index (κ1) is 29.3. The van der Waals surface area contributed by atoms with Gasteiger partial charge >= 0.3 is 0 Å². The average Bonchev–Trinajstić information content (AvgIpc) is 3.06. The summed E-state index contributed by atoms with van der Waals surface area (Å²) in [5, 5.41) is 5.10. The van der Waals surface area contributed by atoms with Gasteiger partial charge in [0.2, 0.25) is 0 Å². The Kier molecular flexibility index (Phi) is 6.67. The van der Waals surface area contributed by atoms with Gasteiger partial charge < -0.3 is 4.90 Å². The monoisotopic (exact) mass is 607 g/mol. The van der Waals surface area contributed by atoms with E-state index in [1.165, 1.54) is 71.7 Å². The summed E-state index contributed by atoms with van der Waals surface area (Å²) < 4.78 is 0. The molecule has 7 aromatic rings. The number of hydrogen-bond acceptors (Lipinski definition) is 1. The predicted molar refractivity (Wildman–Crippen MR) is 203 cm³/mol. The van der Waals surface area contributed by atoms with Crippen LogP contribution in [0.5, 0.6) is 0 Å². The second-order valence-electron chi connectivity index (χ2n) is 15.2. The van der Waals surface area contributed by atoms with E-state index in [4.69, 9.17) is 0 Å². The standard InChI is InChI=1S/C46H41N/c1-45(2,3)36-20-17-30(18-21-36)31-15-16-32-25-41-43(27-34(32)23-31)42-26-33-19-22-40(24-35(33)28-44(41)42)47(38-12-8-7-9-13-38)39-14-10-11-37(29-39)46(4,5)6/h7-29H,1-6H3. The molecule has 0 amide bonds. The topological polar surface area (TPSA) is 3.24 Å². The Morgan fingerprint density at radius 1 is 0.340 bits per heavy atom. The lowest BCUT2D eigenvalue weighted by molar-refractivity contribution is 0.590. The summed E-state index contributed by atoms with van der Waals surface area (Å²) in [7, 11) is 0. The molecule has 1 aliphatic carbocycles. The molecule has 1 nitrogen and oxygen atoms in total. The van der Waals surface area contributed by atoms with Gasteiger partial charge in [-0.15, -0.1) is 0 Å². The van der Waals surface area contributed by atoms with Crippen molar-refractivity contribution in [1.29, 1.82) is 0 Å². The minimum Gasteiger partial charge on any atom is -0.310 e. The summed E-state index contributed by atoms with van der Waals surface area (Å²) in [5.74, 6) is 0. The number of nitrogens with zero attached hydrogens (tertiary/aromatic N) is 1. The Morgan fingerprint density at radius 2 is 0.851 bits per heavy atom. The summed E-state index contributed by atoms with van der Waals surface area (Å²) in [6, 6.07) is 52.1. The summed E-state index contributed by atoms with van der Waals surface area (Å²) in [4.78, 5) is 2.38. The molecule has 0 atom stereocenters. The van der Waals surface area contributed by atoms with Gasteiger partial charge in [-0.3, -0.25) is 0 Å². The minimum atomic E-state index is 0.0703. The van der Waals surface area contributed by atoms with Crippen molar-refractivity contribution in [3.05, 3.63) is 151 Å². The Labute approximate surface area is 279 Å². The molecule has 0 N–H and O–H groups in total. The lowest BCUT2D eigenvalue weighted by atomic mass is 9.77. The fourth-order valence-electron chi connectivity index (χ4n) is 7.03. The van der Waals surface area contributed by atoms with Gasteiger partial charge in [0.05, 0.1) is 0 Å². The van der Waals surface area contributed by atoms with Crippen LogP contribution in [0.25, 0.3) is 54.9 Å². The molecule has 230 valence electrons. The first-order valence-electron chi connectivity index (χ1n) is 16.8. The number of benzene rings is 7. The highest BCUT2D eigenvalue weighted by Crippen LogP contribution is 2.51. The van der Waals surface area contributed by atoms with Crippen LogP contribution in [0.1, 0.15) is 52.7 Å². The highest BCUT2D eigenvalue weighted by atomic mass is 15.1. The Morgan fingerprint density at radius 3 is 1.47 bits per heavy atom. The van der Waals surface area contributed by atoms with E-state index in [2.05, 4.69) is 186 Å². The molecule has 0 bridgehead atoms. The Hall–Kier alpha value is -5.14. The molecule has 0 unspecified atom stereocenters. The normalized spacial score (nSPS) is 12.5. The fraction of sp³-hybridized carbons (Fsp3) is 0.174. The van der Waals surface area contributed by atoms with Crippen LogP contribution in [0.4, 0.5) is 17.1 Å². The number of anilines is 3. The van der Waals surface area contributed by atoms with Gasteiger partial charge in [-0.1, -0.05) is 114 Å². The van der Waals surface area contributed by atoms with Gasteiger partial charge in [0.1, 0.15) is 0 Å². The van der Waals surface area contributed by atoms with Crippen LogP contribution in [0.15, 0.2) is 140 Å². The summed E-state index contributed by atoms with van der Waals surface area (Å²) in [5.41, 5.74) is 14.3. The van der Waals surface area contributed by atoms with Crippen LogP contribution < -0.4 is 4.90 Å². The Balaban J connectivity index is 1.17. The molecule has 0 aromatic heterocycles. The lowest BCUT2D eigenvalue weighted by Crippen LogP contribution is -2.14. The molecule has 0 fully saturated rings. The molecule has 1 aliphatic rings. The quantitative estimate of drug-likeness (QED) is 0.192. The van der Waals surface area contributed by atoms with Crippen molar-refractivity contribution in [2.24, 2.45) is 0 Å². The van der Waals surface area contributed by atoms with Crippen LogP contribution in [0.3, 0.4) is 0 Å². The lowest BCUT2D eigenvalue weighted by Gasteiger charge is -2.29. The van der Waals surface area contributed by atoms with Crippen LogP contribution in [-0.4, -0.2) is 0 Å². The first-order chi connectivity index (χ1) is 22.5. The van der Waals surface area contributed by atoms with Crippen molar-refractivity contribution in [3.63, 3.8) is 0 Å². The van der Waals surface area contributed by atoms with E-state index in [1.54, 1.807) is 0 Å². The zero-order valence-electron chi connectivity index (χ0n) is 28.2. The fourth-order valence-corrected chi connectivity index (χ4v) is 7.03. The van der Waals surface area contributed by atoms with Crippen LogP contribution >= 0.6 is 0 Å². The molecular formula is C46H41N. The maximum absolute atomic E-state index is 2.39. The summed E-state index contributed by atoms with van der Waals surface area (Å²) >= 11 is 0. The Bertz CT molecular complexity index is 2290. The molecule has 0 radical (unpaired) electrons. The first-order valence-corrected chi connectivity index (χ1v) is 16.8. The van der Waals surface area contributed by atoms with Gasteiger partial charge in [0.15, 0.2) is 0 Å². The molecule has 7 aromatic carbocycles. The molecule has 0 saturated heterocycles. The van der Waals surface area contributed by atoms with Crippen molar-refractivity contribution in [1.82, 2.24) is 0 Å². The zero-order chi connectivity index (χ0) is 32.5. The molecule has 0 aliphatic heterocycles. The highest BCUT2D eigenvalue weighted by molar-refractivity contribution is 6.12. The van der Waals surface area contributed by atoms with Crippen LogP contribution in [0.2, 0.25) is 0 Å². The third kappa shape index (κ3) is 5.21. The van der Waals surface area contributed by atoms with Crippen molar-refractivity contribution in [3.8, 4) is 33.4 Å². The largest absolute Gasteiger partial charge is 0.310 e. The van der Waals surface area contributed by atoms with E-state index in [1.807, 2.05) is 0 Å². The van der Waals surface area contributed by atoms with E-state index in [0.29, 0.717) is 0 Å². The molecule has 1 heteroatoms. The van der Waals surface area contributed by atoms with Crippen molar-refractivity contribution in [2.75, 3.05) is 4.90 Å². The van der Waals surface area contributed by atoms with Crippen LogP contribution in [0, 0.1) is 0 Å². The molecule has 0 spiro atoms. The highest BCUT2D eigenvalue weighted by Gasteiger charge is 2.25. The molecule has 8 rings (SSSR count). The zero-order valence-corrected chi connectivity index (χ0v) is 28.2. The number of fused-ring (bicyclic) bond motifs is 6. The molecular weight excluding hydrogens is 567 g/mol. The minimum absolute atomic E-state index is 0.0703. The maximum Gasteiger partial charge on any atom is 0.0468 e. The van der Waals surface area contributed by atoms with Crippen LogP contribution in [-0.2, 0) is 10.8 Å². The predicted octanol–water partition coefficient (Wildman–Crippen LogP) is 13.4. The van der Waals surface area contributed by atoms with E-state index in [9.17, 15) is 0 Å². The molecule has 0 heterocycles. The van der Waals surface area contributed by atoms with Crippen molar-refractivity contribution < 1.29 is 0 Å². The second-order valence-corrected chi connectivity index (χ2v) is 15.2. The third-order valence-electron chi connectivity index (χ3n) is 9.84. The average molecular weight is 608 g/mol. The maximum atomic E-state index is 2.39. The smallest absolute Gasteiger partial charge is 0.0468 e. The van der Waals surface area contributed by atoms with Gasteiger partial charge in [0, 0.05) is 17.1 Å². The van der Waals surface area contributed by atoms with Gasteiger partial charge in [-0.25, -0.2) is 0 Å². The third-order valence-corrected chi connectivity index (χ3v) is 9.84. The van der Waals surface area contributed by atoms with Crippen molar-refractivity contribution >= 4 is 38.6 Å². The summed E-state index contributed by atoms with van der Waals surface area (Å²) in [6.45, 7) is 13.6. The van der Waals surface area contributed by atoms with E-state index >= 15 is 0 Å². The second kappa shape index (κ2) is 10.7. The number of para-hydroxylation sites is 1. The van der Waals surface area contributed by atoms with E-state index in [0.717, 1.165) is 11.4 Å². The van der Waals surface area contributed by atoms with Gasteiger partial charge in [0.25, 0.3) is 0 Å². The van der Waals surface area contributed by atoms with E-state index in [-0.39, 0.29) is 10.8 Å². The van der Waals surface area contributed by atoms with E-state index < -0.39 is 0 Å².